The zero-order valence-electron chi connectivity index (χ0n) is 8.84. The second kappa shape index (κ2) is 3.69. The third kappa shape index (κ3) is 1.42. The van der Waals surface area contributed by atoms with Gasteiger partial charge in [0, 0.05) is 0 Å². The van der Waals surface area contributed by atoms with Crippen LogP contribution < -0.4 is 11.5 Å². The second-order valence-corrected chi connectivity index (χ2v) is 3.50. The first kappa shape index (κ1) is 10.2. The molecule has 0 aliphatic rings. The smallest absolute Gasteiger partial charge is 0.158 e. The van der Waals surface area contributed by atoms with E-state index in [9.17, 15) is 4.79 Å². The van der Waals surface area contributed by atoms with Crippen molar-refractivity contribution < 1.29 is 4.79 Å². The Morgan fingerprint density at radius 3 is 2.56 bits per heavy atom. The summed E-state index contributed by atoms with van der Waals surface area (Å²) in [6.45, 7) is 1.94. The largest absolute Gasteiger partial charge is 0.383 e. The molecule has 0 saturated carbocycles. The van der Waals surface area contributed by atoms with Crippen molar-refractivity contribution in [3.8, 4) is 5.69 Å². The average molecular weight is 216 g/mol. The van der Waals surface area contributed by atoms with Crippen molar-refractivity contribution in [2.75, 3.05) is 11.5 Å². The van der Waals surface area contributed by atoms with Crippen molar-refractivity contribution in [3.05, 3.63) is 35.4 Å². The summed E-state index contributed by atoms with van der Waals surface area (Å²) in [6.07, 6.45) is 0.617. The van der Waals surface area contributed by atoms with Gasteiger partial charge in [0.25, 0.3) is 0 Å². The van der Waals surface area contributed by atoms with Crippen LogP contribution in [0.3, 0.4) is 0 Å². The molecule has 2 rings (SSSR count). The molecule has 0 unspecified atom stereocenters. The van der Waals surface area contributed by atoms with Gasteiger partial charge in [-0.15, -0.1) is 5.10 Å². The van der Waals surface area contributed by atoms with Crippen LogP contribution in [-0.2, 0) is 0 Å². The van der Waals surface area contributed by atoms with Gasteiger partial charge in [0.15, 0.2) is 12.1 Å². The molecular weight excluding hydrogens is 204 g/mol. The molecule has 2 aromatic rings. The number of benzene rings is 1. The van der Waals surface area contributed by atoms with E-state index in [1.165, 1.54) is 4.68 Å². The van der Waals surface area contributed by atoms with Crippen molar-refractivity contribution in [2.45, 2.75) is 6.92 Å². The molecule has 0 bridgehead atoms. The van der Waals surface area contributed by atoms with E-state index in [-0.39, 0.29) is 17.2 Å². The van der Waals surface area contributed by atoms with Crippen LogP contribution in [0.2, 0.25) is 0 Å². The van der Waals surface area contributed by atoms with Gasteiger partial charge in [0.2, 0.25) is 0 Å². The van der Waals surface area contributed by atoms with E-state index in [2.05, 4.69) is 5.10 Å². The minimum Gasteiger partial charge on any atom is -0.383 e. The van der Waals surface area contributed by atoms with E-state index >= 15 is 0 Å². The fourth-order valence-corrected chi connectivity index (χ4v) is 1.57. The topological polar surface area (TPSA) is 86.9 Å². The Morgan fingerprint density at radius 1 is 1.31 bits per heavy atom. The Kier molecular flexibility index (Phi) is 2.36. The van der Waals surface area contributed by atoms with Crippen LogP contribution in [-0.4, -0.2) is 16.1 Å². The van der Waals surface area contributed by atoms with E-state index < -0.39 is 0 Å². The molecule has 0 aliphatic carbocycles. The first-order chi connectivity index (χ1) is 7.65. The highest BCUT2D eigenvalue weighted by molar-refractivity contribution is 5.89. The molecule has 16 heavy (non-hydrogen) atoms. The van der Waals surface area contributed by atoms with Crippen LogP contribution in [0, 0.1) is 6.92 Å². The van der Waals surface area contributed by atoms with Crippen LogP contribution in [0.25, 0.3) is 5.69 Å². The summed E-state index contributed by atoms with van der Waals surface area (Å²) in [4.78, 5) is 10.8. The predicted molar refractivity (Wildman–Crippen MR) is 62.5 cm³/mol. The quantitative estimate of drug-likeness (QED) is 0.737. The predicted octanol–water partition coefficient (Wildman–Crippen LogP) is 1.16. The first-order valence-corrected chi connectivity index (χ1v) is 4.80. The number of nitrogens with zero attached hydrogens (tertiary/aromatic N) is 2. The van der Waals surface area contributed by atoms with Gasteiger partial charge in [-0.05, 0) is 18.6 Å². The lowest BCUT2D eigenvalue weighted by molar-refractivity contribution is 0.112. The van der Waals surface area contributed by atoms with Crippen LogP contribution >= 0.6 is 0 Å². The highest BCUT2D eigenvalue weighted by atomic mass is 16.1. The fourth-order valence-electron chi connectivity index (χ4n) is 1.57. The number of aromatic nitrogens is 2. The van der Waals surface area contributed by atoms with Gasteiger partial charge in [-0.2, -0.15) is 0 Å². The summed E-state index contributed by atoms with van der Waals surface area (Å²) in [7, 11) is 0. The van der Waals surface area contributed by atoms with E-state index in [0.717, 1.165) is 11.3 Å². The third-order valence-electron chi connectivity index (χ3n) is 2.45. The summed E-state index contributed by atoms with van der Waals surface area (Å²) >= 11 is 0. The zero-order valence-corrected chi connectivity index (χ0v) is 8.84. The molecule has 0 fully saturated rings. The molecule has 1 aromatic heterocycles. The highest BCUT2D eigenvalue weighted by Crippen LogP contribution is 2.22. The average Bonchev–Trinajstić information content (AvgIpc) is 2.55. The monoisotopic (exact) mass is 216 g/mol. The number of anilines is 2. The van der Waals surface area contributed by atoms with E-state index in [0.29, 0.717) is 6.29 Å². The Balaban J connectivity index is 2.66. The molecule has 5 nitrogen and oxygen atoms in total. The van der Waals surface area contributed by atoms with E-state index in [1.54, 1.807) is 0 Å². The number of nitrogen functional groups attached to an aromatic ring is 2. The van der Waals surface area contributed by atoms with Gasteiger partial charge in [0.05, 0.1) is 5.69 Å². The number of nitrogens with two attached hydrogens (primary N) is 2. The van der Waals surface area contributed by atoms with Gasteiger partial charge in [0.1, 0.15) is 11.4 Å². The van der Waals surface area contributed by atoms with Gasteiger partial charge in [-0.1, -0.05) is 18.2 Å². The molecule has 1 heterocycles. The van der Waals surface area contributed by atoms with E-state index in [4.69, 9.17) is 11.5 Å². The Morgan fingerprint density at radius 2 is 2.00 bits per heavy atom. The molecule has 4 N–H and O–H groups in total. The van der Waals surface area contributed by atoms with Crippen LogP contribution in [0.1, 0.15) is 15.9 Å². The lowest BCUT2D eigenvalue weighted by Gasteiger charge is -2.06. The summed E-state index contributed by atoms with van der Waals surface area (Å²) in [5, 5.41) is 4.05. The lowest BCUT2D eigenvalue weighted by atomic mass is 10.2. The van der Waals surface area contributed by atoms with Gasteiger partial charge in [-0.25, -0.2) is 4.68 Å². The van der Waals surface area contributed by atoms with Gasteiger partial charge >= 0.3 is 0 Å². The number of para-hydroxylation sites is 1. The number of aryl methyl sites for hydroxylation is 1. The van der Waals surface area contributed by atoms with Crippen molar-refractivity contribution in [1.29, 1.82) is 0 Å². The molecule has 82 valence electrons. The number of aldehydes is 1. The Hall–Kier alpha value is -2.30. The van der Waals surface area contributed by atoms with Crippen molar-refractivity contribution in [3.63, 3.8) is 0 Å². The van der Waals surface area contributed by atoms with Crippen LogP contribution in [0.4, 0.5) is 11.6 Å². The Bertz CT molecular complexity index is 545. The minimum absolute atomic E-state index is 0.149. The Labute approximate surface area is 92.7 Å². The van der Waals surface area contributed by atoms with Gasteiger partial charge in [-0.3, -0.25) is 4.79 Å². The third-order valence-corrected chi connectivity index (χ3v) is 2.45. The summed E-state index contributed by atoms with van der Waals surface area (Å²) in [6, 6.07) is 7.60. The van der Waals surface area contributed by atoms with Crippen molar-refractivity contribution in [2.24, 2.45) is 0 Å². The number of carbonyl (C=O) groups excluding carboxylic acids is 1. The molecule has 0 amide bonds. The van der Waals surface area contributed by atoms with E-state index in [1.807, 2.05) is 31.2 Å². The molecule has 5 heteroatoms. The summed E-state index contributed by atoms with van der Waals surface area (Å²) in [5.74, 6) is 0.414. The lowest BCUT2D eigenvalue weighted by Crippen LogP contribution is -2.04. The first-order valence-electron chi connectivity index (χ1n) is 4.80. The maximum atomic E-state index is 10.8. The SMILES string of the molecule is Cc1ccccc1-n1nc(N)c(C=O)c1N. The summed E-state index contributed by atoms with van der Waals surface area (Å²) in [5.41, 5.74) is 13.5. The van der Waals surface area contributed by atoms with Crippen LogP contribution in [0.5, 0.6) is 0 Å². The number of carbonyl (C=O) groups is 1. The number of hydrogen-bond donors (Lipinski definition) is 2. The van der Waals surface area contributed by atoms with Crippen molar-refractivity contribution in [1.82, 2.24) is 9.78 Å². The minimum atomic E-state index is 0.149. The number of rotatable bonds is 2. The fraction of sp³-hybridized carbons (Fsp3) is 0.0909. The molecular formula is C11H12N4O. The van der Waals surface area contributed by atoms with Crippen molar-refractivity contribution >= 4 is 17.9 Å². The molecule has 0 spiro atoms. The summed E-state index contributed by atoms with van der Waals surface area (Å²) < 4.78 is 1.48. The number of hydrogen-bond acceptors (Lipinski definition) is 4. The molecule has 0 saturated heterocycles. The second-order valence-electron chi connectivity index (χ2n) is 3.50. The molecule has 1 aromatic carbocycles. The molecule has 0 radical (unpaired) electrons. The van der Waals surface area contributed by atoms with Gasteiger partial charge < -0.3 is 11.5 Å². The zero-order chi connectivity index (χ0) is 11.7. The maximum absolute atomic E-state index is 10.8. The normalized spacial score (nSPS) is 10.3. The maximum Gasteiger partial charge on any atom is 0.158 e. The highest BCUT2D eigenvalue weighted by Gasteiger charge is 2.14. The van der Waals surface area contributed by atoms with Crippen LogP contribution in [0.15, 0.2) is 24.3 Å². The standard InChI is InChI=1S/C11H12N4O/c1-7-4-2-3-5-9(7)15-11(13)8(6-16)10(12)14-15/h2-6H,13H2,1H3,(H2,12,14). The molecule has 0 atom stereocenters. The molecule has 0 aliphatic heterocycles.